The molecule has 64 valence electrons. The molecule has 1 aliphatic carbocycles. The van der Waals surface area contributed by atoms with E-state index in [9.17, 15) is 5.11 Å². The quantitative estimate of drug-likeness (QED) is 0.531. The summed E-state index contributed by atoms with van der Waals surface area (Å²) in [5, 5.41) is 9.52. The maximum absolute atomic E-state index is 9.52. The Bertz CT molecular complexity index is 170. The van der Waals surface area contributed by atoms with Crippen molar-refractivity contribution in [1.82, 2.24) is 0 Å². The first-order chi connectivity index (χ1) is 4.93. The number of hydrogen-bond donors (Lipinski definition) is 1. The normalized spacial score (nSPS) is 37.3. The lowest BCUT2D eigenvalue weighted by Crippen LogP contribution is -2.33. The van der Waals surface area contributed by atoms with Gasteiger partial charge in [0.05, 0.1) is 6.10 Å². The molecule has 1 rings (SSSR count). The Hall–Kier alpha value is -0.300. The van der Waals surface area contributed by atoms with Gasteiger partial charge in [0.15, 0.2) is 0 Å². The van der Waals surface area contributed by atoms with Gasteiger partial charge in [0.25, 0.3) is 0 Å². The summed E-state index contributed by atoms with van der Waals surface area (Å²) in [5.74, 6) is 0.426. The molecule has 0 saturated heterocycles. The van der Waals surface area contributed by atoms with Gasteiger partial charge in [0.1, 0.15) is 0 Å². The molecule has 0 aromatic rings. The Labute approximate surface area is 69.1 Å². The van der Waals surface area contributed by atoms with Crippen molar-refractivity contribution in [2.24, 2.45) is 11.3 Å². The highest BCUT2D eigenvalue weighted by atomic mass is 16.3. The molecule has 2 atom stereocenters. The lowest BCUT2D eigenvalue weighted by atomic mass is 9.69. The molecular weight excluding hydrogens is 136 g/mol. The highest BCUT2D eigenvalue weighted by Gasteiger charge is 2.33. The minimum Gasteiger partial charge on any atom is -0.393 e. The second-order valence-electron chi connectivity index (χ2n) is 4.44. The standard InChI is InChI=1S/C10H18O/c1-7-6-10(3,4)8(2)5-9(7)11/h7,9,11H,2,5-6H2,1,3-4H3/t7-,9-/m1/s1. The van der Waals surface area contributed by atoms with Crippen LogP contribution in [0.2, 0.25) is 0 Å². The van der Waals surface area contributed by atoms with Gasteiger partial charge in [-0.1, -0.05) is 32.9 Å². The third-order valence-electron chi connectivity index (χ3n) is 2.90. The topological polar surface area (TPSA) is 20.2 Å². The largest absolute Gasteiger partial charge is 0.393 e. The summed E-state index contributed by atoms with van der Waals surface area (Å²) < 4.78 is 0. The lowest BCUT2D eigenvalue weighted by molar-refractivity contribution is 0.0641. The molecule has 0 amide bonds. The van der Waals surface area contributed by atoms with Crippen LogP contribution in [-0.4, -0.2) is 11.2 Å². The molecule has 1 aliphatic rings. The Kier molecular flexibility index (Phi) is 2.10. The minimum absolute atomic E-state index is 0.157. The molecule has 1 heteroatoms. The molecule has 0 aromatic carbocycles. The van der Waals surface area contributed by atoms with Gasteiger partial charge in [0, 0.05) is 0 Å². The van der Waals surface area contributed by atoms with E-state index in [1.165, 1.54) is 5.57 Å². The SMILES string of the molecule is C=C1C[C@@H](O)[C@H](C)CC1(C)C. The molecule has 0 aliphatic heterocycles. The van der Waals surface area contributed by atoms with Crippen LogP contribution in [-0.2, 0) is 0 Å². The van der Waals surface area contributed by atoms with Crippen LogP contribution >= 0.6 is 0 Å². The molecule has 1 nitrogen and oxygen atoms in total. The molecule has 1 N–H and O–H groups in total. The van der Waals surface area contributed by atoms with E-state index in [0.717, 1.165) is 12.8 Å². The highest BCUT2D eigenvalue weighted by molar-refractivity contribution is 5.12. The third kappa shape index (κ3) is 1.64. The Morgan fingerprint density at radius 2 is 2.09 bits per heavy atom. The van der Waals surface area contributed by atoms with Crippen molar-refractivity contribution in [3.05, 3.63) is 12.2 Å². The molecular formula is C10H18O. The van der Waals surface area contributed by atoms with E-state index in [0.29, 0.717) is 5.92 Å². The fourth-order valence-corrected chi connectivity index (χ4v) is 1.82. The number of aliphatic hydroxyl groups excluding tert-OH is 1. The van der Waals surface area contributed by atoms with E-state index in [1.54, 1.807) is 0 Å². The van der Waals surface area contributed by atoms with Gasteiger partial charge in [-0.05, 0) is 24.2 Å². The summed E-state index contributed by atoms with van der Waals surface area (Å²) in [7, 11) is 0. The first-order valence-corrected chi connectivity index (χ1v) is 4.30. The lowest BCUT2D eigenvalue weighted by Gasteiger charge is -2.39. The van der Waals surface area contributed by atoms with Crippen molar-refractivity contribution in [2.45, 2.75) is 39.7 Å². The van der Waals surface area contributed by atoms with Crippen LogP contribution in [0, 0.1) is 11.3 Å². The summed E-state index contributed by atoms with van der Waals surface area (Å²) in [6.07, 6.45) is 1.69. The molecule has 0 bridgehead atoms. The summed E-state index contributed by atoms with van der Waals surface area (Å²) in [6.45, 7) is 10.5. The maximum atomic E-state index is 9.52. The molecule has 1 fully saturated rings. The molecule has 0 aromatic heterocycles. The van der Waals surface area contributed by atoms with E-state index in [-0.39, 0.29) is 11.5 Å². The molecule has 0 heterocycles. The highest BCUT2D eigenvalue weighted by Crippen LogP contribution is 2.41. The van der Waals surface area contributed by atoms with Crippen LogP contribution in [0.5, 0.6) is 0 Å². The van der Waals surface area contributed by atoms with Gasteiger partial charge >= 0.3 is 0 Å². The van der Waals surface area contributed by atoms with E-state index < -0.39 is 0 Å². The number of hydrogen-bond acceptors (Lipinski definition) is 1. The summed E-state index contributed by atoms with van der Waals surface area (Å²) in [4.78, 5) is 0. The Balaban J connectivity index is 2.71. The Morgan fingerprint density at radius 1 is 1.55 bits per heavy atom. The van der Waals surface area contributed by atoms with Crippen molar-refractivity contribution >= 4 is 0 Å². The van der Waals surface area contributed by atoms with Crippen molar-refractivity contribution in [1.29, 1.82) is 0 Å². The van der Waals surface area contributed by atoms with Crippen LogP contribution in [0.1, 0.15) is 33.6 Å². The van der Waals surface area contributed by atoms with Gasteiger partial charge in [-0.2, -0.15) is 0 Å². The summed E-state index contributed by atoms with van der Waals surface area (Å²) in [5.41, 5.74) is 1.43. The van der Waals surface area contributed by atoms with Crippen molar-refractivity contribution in [3.8, 4) is 0 Å². The smallest absolute Gasteiger partial charge is 0.0603 e. The maximum Gasteiger partial charge on any atom is 0.0603 e. The van der Waals surface area contributed by atoms with Crippen LogP contribution in [0.25, 0.3) is 0 Å². The zero-order valence-corrected chi connectivity index (χ0v) is 7.72. The minimum atomic E-state index is -0.157. The fraction of sp³-hybridized carbons (Fsp3) is 0.800. The van der Waals surface area contributed by atoms with Gasteiger partial charge < -0.3 is 5.11 Å². The summed E-state index contributed by atoms with van der Waals surface area (Å²) >= 11 is 0. The predicted molar refractivity (Wildman–Crippen MR) is 47.3 cm³/mol. The number of aliphatic hydroxyl groups is 1. The predicted octanol–water partition coefficient (Wildman–Crippen LogP) is 2.36. The monoisotopic (exact) mass is 154 g/mol. The van der Waals surface area contributed by atoms with Gasteiger partial charge in [-0.25, -0.2) is 0 Å². The molecule has 0 radical (unpaired) electrons. The zero-order chi connectivity index (χ0) is 8.65. The first kappa shape index (κ1) is 8.79. The van der Waals surface area contributed by atoms with E-state index in [4.69, 9.17) is 0 Å². The zero-order valence-electron chi connectivity index (χ0n) is 7.72. The van der Waals surface area contributed by atoms with E-state index >= 15 is 0 Å². The molecule has 0 unspecified atom stereocenters. The van der Waals surface area contributed by atoms with Crippen molar-refractivity contribution < 1.29 is 5.11 Å². The van der Waals surface area contributed by atoms with Crippen LogP contribution < -0.4 is 0 Å². The molecule has 11 heavy (non-hydrogen) atoms. The summed E-state index contributed by atoms with van der Waals surface area (Å²) in [6, 6.07) is 0. The van der Waals surface area contributed by atoms with Crippen LogP contribution in [0.15, 0.2) is 12.2 Å². The van der Waals surface area contributed by atoms with Gasteiger partial charge in [-0.15, -0.1) is 0 Å². The van der Waals surface area contributed by atoms with Crippen molar-refractivity contribution in [2.75, 3.05) is 0 Å². The van der Waals surface area contributed by atoms with Crippen LogP contribution in [0.4, 0.5) is 0 Å². The van der Waals surface area contributed by atoms with Gasteiger partial charge in [-0.3, -0.25) is 0 Å². The number of rotatable bonds is 0. The van der Waals surface area contributed by atoms with E-state index in [2.05, 4.69) is 27.4 Å². The second kappa shape index (κ2) is 2.63. The average molecular weight is 154 g/mol. The molecule has 1 saturated carbocycles. The Morgan fingerprint density at radius 3 is 2.55 bits per heavy atom. The van der Waals surface area contributed by atoms with Crippen LogP contribution in [0.3, 0.4) is 0 Å². The van der Waals surface area contributed by atoms with E-state index in [1.807, 2.05) is 0 Å². The molecule has 0 spiro atoms. The average Bonchev–Trinajstić information content (AvgIpc) is 1.83. The fourth-order valence-electron chi connectivity index (χ4n) is 1.82. The first-order valence-electron chi connectivity index (χ1n) is 4.30. The second-order valence-corrected chi connectivity index (χ2v) is 4.44. The van der Waals surface area contributed by atoms with Crippen molar-refractivity contribution in [3.63, 3.8) is 0 Å². The third-order valence-corrected chi connectivity index (χ3v) is 2.90. The van der Waals surface area contributed by atoms with Gasteiger partial charge in [0.2, 0.25) is 0 Å².